The third-order valence-electron chi connectivity index (χ3n) is 4.69. The van der Waals surface area contributed by atoms with Gasteiger partial charge in [-0.05, 0) is 66.9 Å². The first-order valence-corrected chi connectivity index (χ1v) is 10.8. The zero-order valence-corrected chi connectivity index (χ0v) is 18.3. The van der Waals surface area contributed by atoms with Crippen LogP contribution in [0.4, 0.5) is 0 Å². The Balaban J connectivity index is 1.75. The molecule has 0 spiro atoms. The molecule has 0 aliphatic rings. The number of thioether (sulfide) groups is 1. The zero-order chi connectivity index (χ0) is 20.4. The van der Waals surface area contributed by atoms with E-state index in [9.17, 15) is 0 Å². The predicted octanol–water partition coefficient (Wildman–Crippen LogP) is 6.55. The molecule has 0 radical (unpaired) electrons. The fraction of sp³-hybridized carbons (Fsp3) is 0.136. The van der Waals surface area contributed by atoms with Crippen molar-refractivity contribution in [1.29, 1.82) is 0 Å². The van der Waals surface area contributed by atoms with Gasteiger partial charge in [0.05, 0.1) is 5.69 Å². The molecule has 0 saturated heterocycles. The molecule has 0 amide bonds. The second-order valence-electron chi connectivity index (χ2n) is 6.67. The normalized spacial score (nSPS) is 11.0. The maximum atomic E-state index is 6.34. The topological polar surface area (TPSA) is 43.6 Å². The highest BCUT2D eigenvalue weighted by atomic mass is 35.5. The van der Waals surface area contributed by atoms with Crippen molar-refractivity contribution < 1.29 is 0 Å². The smallest absolute Gasteiger partial charge is 0.196 e. The lowest BCUT2D eigenvalue weighted by atomic mass is 10.1. The van der Waals surface area contributed by atoms with Crippen molar-refractivity contribution in [2.24, 2.45) is 0 Å². The molecular weight excluding hydrogens is 423 g/mol. The number of rotatable bonds is 5. The summed E-state index contributed by atoms with van der Waals surface area (Å²) in [5.41, 5.74) is 5.45. The van der Waals surface area contributed by atoms with E-state index < -0.39 is 0 Å². The van der Waals surface area contributed by atoms with Gasteiger partial charge in [-0.2, -0.15) is 0 Å². The predicted molar refractivity (Wildman–Crippen MR) is 120 cm³/mol. The van der Waals surface area contributed by atoms with Gasteiger partial charge < -0.3 is 0 Å². The molecule has 2 heterocycles. The summed E-state index contributed by atoms with van der Waals surface area (Å²) < 4.78 is 2.08. The highest BCUT2D eigenvalue weighted by Crippen LogP contribution is 2.32. The molecule has 29 heavy (non-hydrogen) atoms. The molecule has 0 N–H and O–H groups in total. The molecule has 146 valence electrons. The molecule has 0 fully saturated rings. The Morgan fingerprint density at radius 1 is 0.897 bits per heavy atom. The summed E-state index contributed by atoms with van der Waals surface area (Å²) in [6.45, 7) is 4.21. The van der Waals surface area contributed by atoms with Gasteiger partial charge in [0.15, 0.2) is 11.0 Å². The van der Waals surface area contributed by atoms with Gasteiger partial charge >= 0.3 is 0 Å². The Morgan fingerprint density at radius 3 is 2.41 bits per heavy atom. The molecule has 7 heteroatoms. The quantitative estimate of drug-likeness (QED) is 0.330. The number of aromatic nitrogens is 4. The first-order chi connectivity index (χ1) is 14.0. The van der Waals surface area contributed by atoms with Crippen molar-refractivity contribution >= 4 is 35.0 Å². The minimum Gasteiger partial charge on any atom is -0.270 e. The third kappa shape index (κ3) is 4.32. The minimum atomic E-state index is 0.627. The molecule has 0 atom stereocenters. The van der Waals surface area contributed by atoms with E-state index >= 15 is 0 Å². The monoisotopic (exact) mass is 440 g/mol. The van der Waals surface area contributed by atoms with E-state index in [1.807, 2.05) is 24.3 Å². The van der Waals surface area contributed by atoms with Gasteiger partial charge in [0, 0.05) is 33.8 Å². The summed E-state index contributed by atoms with van der Waals surface area (Å²) in [6.07, 6.45) is 3.52. The second kappa shape index (κ2) is 8.57. The second-order valence-corrected chi connectivity index (χ2v) is 8.46. The van der Waals surface area contributed by atoms with Gasteiger partial charge in [-0.1, -0.05) is 47.1 Å². The Kier molecular flexibility index (Phi) is 5.90. The van der Waals surface area contributed by atoms with Crippen LogP contribution in [0.25, 0.3) is 17.1 Å². The van der Waals surface area contributed by atoms with E-state index in [1.54, 1.807) is 30.2 Å². The Morgan fingerprint density at radius 2 is 1.69 bits per heavy atom. The van der Waals surface area contributed by atoms with Crippen LogP contribution in [-0.4, -0.2) is 19.7 Å². The van der Waals surface area contributed by atoms with Crippen LogP contribution < -0.4 is 0 Å². The molecular formula is C22H18Cl2N4S. The van der Waals surface area contributed by atoms with Crippen LogP contribution in [0.3, 0.4) is 0 Å². The average molecular weight is 441 g/mol. The molecule has 2 aromatic heterocycles. The van der Waals surface area contributed by atoms with Crippen LogP contribution in [-0.2, 0) is 5.75 Å². The van der Waals surface area contributed by atoms with Crippen molar-refractivity contribution in [3.8, 4) is 17.1 Å². The van der Waals surface area contributed by atoms with Crippen molar-refractivity contribution in [3.63, 3.8) is 0 Å². The van der Waals surface area contributed by atoms with Gasteiger partial charge in [-0.3, -0.25) is 9.55 Å². The van der Waals surface area contributed by atoms with Gasteiger partial charge in [0.1, 0.15) is 0 Å². The Hall–Kier alpha value is -2.34. The van der Waals surface area contributed by atoms with E-state index in [0.29, 0.717) is 15.8 Å². The zero-order valence-electron chi connectivity index (χ0n) is 15.9. The highest BCUT2D eigenvalue weighted by molar-refractivity contribution is 7.98. The Labute approximate surface area is 183 Å². The number of benzene rings is 2. The maximum absolute atomic E-state index is 6.34. The number of hydrogen-bond donors (Lipinski definition) is 0. The van der Waals surface area contributed by atoms with Crippen LogP contribution >= 0.6 is 35.0 Å². The fourth-order valence-electron chi connectivity index (χ4n) is 2.93. The van der Waals surface area contributed by atoms with E-state index in [-0.39, 0.29) is 0 Å². The lowest BCUT2D eigenvalue weighted by molar-refractivity contribution is 0.884. The third-order valence-corrected chi connectivity index (χ3v) is 6.26. The van der Waals surface area contributed by atoms with Gasteiger partial charge in [0.2, 0.25) is 0 Å². The first-order valence-electron chi connectivity index (χ1n) is 9.03. The summed E-state index contributed by atoms with van der Waals surface area (Å²) in [6, 6.07) is 15.8. The van der Waals surface area contributed by atoms with Crippen molar-refractivity contribution in [2.45, 2.75) is 24.8 Å². The number of pyridine rings is 1. The van der Waals surface area contributed by atoms with E-state index in [1.165, 1.54) is 11.1 Å². The van der Waals surface area contributed by atoms with Crippen LogP contribution in [0.5, 0.6) is 0 Å². The molecule has 0 saturated carbocycles. The highest BCUT2D eigenvalue weighted by Gasteiger charge is 2.17. The van der Waals surface area contributed by atoms with E-state index in [0.717, 1.165) is 27.8 Å². The van der Waals surface area contributed by atoms with Crippen LogP contribution in [0.2, 0.25) is 10.0 Å². The molecule has 0 bridgehead atoms. The largest absolute Gasteiger partial charge is 0.270 e. The van der Waals surface area contributed by atoms with Crippen molar-refractivity contribution in [2.75, 3.05) is 0 Å². The molecule has 0 aliphatic carbocycles. The van der Waals surface area contributed by atoms with Gasteiger partial charge in [-0.25, -0.2) is 0 Å². The molecule has 4 aromatic rings. The van der Waals surface area contributed by atoms with Crippen LogP contribution in [0.15, 0.2) is 66.1 Å². The number of nitrogens with zero attached hydrogens (tertiary/aromatic N) is 4. The van der Waals surface area contributed by atoms with Crippen LogP contribution in [0.1, 0.15) is 16.7 Å². The van der Waals surface area contributed by atoms with E-state index in [4.69, 9.17) is 23.2 Å². The van der Waals surface area contributed by atoms with Crippen molar-refractivity contribution in [3.05, 3.63) is 87.7 Å². The van der Waals surface area contributed by atoms with Crippen LogP contribution in [0, 0.1) is 13.8 Å². The fourth-order valence-corrected chi connectivity index (χ4v) is 4.44. The summed E-state index contributed by atoms with van der Waals surface area (Å²) in [5.74, 6) is 1.44. The van der Waals surface area contributed by atoms with Gasteiger partial charge in [0.25, 0.3) is 0 Å². The van der Waals surface area contributed by atoms with Crippen molar-refractivity contribution in [1.82, 2.24) is 19.7 Å². The summed E-state index contributed by atoms with van der Waals surface area (Å²) in [7, 11) is 0. The number of hydrogen-bond acceptors (Lipinski definition) is 4. The molecule has 0 aliphatic heterocycles. The summed E-state index contributed by atoms with van der Waals surface area (Å²) in [5, 5.41) is 11.0. The molecule has 4 nitrogen and oxygen atoms in total. The number of halogens is 2. The van der Waals surface area contributed by atoms with Gasteiger partial charge in [-0.15, -0.1) is 10.2 Å². The Bertz CT molecular complexity index is 1160. The lowest BCUT2D eigenvalue weighted by Gasteiger charge is -2.12. The average Bonchev–Trinajstić information content (AvgIpc) is 3.14. The summed E-state index contributed by atoms with van der Waals surface area (Å²) in [4.78, 5) is 4.11. The standard InChI is InChI=1S/C22H18Cl2N4S/c1-14-3-6-19(11-15(14)2)28-21(16-7-9-25-10-8-16)26-27-22(28)29-13-17-4-5-18(23)12-20(17)24/h3-12H,13H2,1-2H3. The molecule has 0 unspecified atom stereocenters. The minimum absolute atomic E-state index is 0.627. The SMILES string of the molecule is Cc1ccc(-n2c(SCc3ccc(Cl)cc3Cl)nnc2-c2ccncc2)cc1C. The summed E-state index contributed by atoms with van der Waals surface area (Å²) >= 11 is 13.9. The maximum Gasteiger partial charge on any atom is 0.196 e. The lowest BCUT2D eigenvalue weighted by Crippen LogP contribution is -2.01. The molecule has 4 rings (SSSR count). The van der Waals surface area contributed by atoms with E-state index in [2.05, 4.69) is 51.8 Å². The first kappa shape index (κ1) is 20.0. The molecule has 2 aromatic carbocycles. The number of aryl methyl sites for hydroxylation is 2.